The first-order valence-corrected chi connectivity index (χ1v) is 9.22. The molecule has 0 saturated heterocycles. The van der Waals surface area contributed by atoms with Gasteiger partial charge in [0.15, 0.2) is 18.1 Å². The molecule has 0 spiro atoms. The third-order valence-corrected chi connectivity index (χ3v) is 4.02. The van der Waals surface area contributed by atoms with Gasteiger partial charge in [0.05, 0.1) is 7.11 Å². The van der Waals surface area contributed by atoms with Gasteiger partial charge in [-0.1, -0.05) is 12.1 Å². The number of para-hydroxylation sites is 2. The molecule has 3 aromatic rings. The molecular weight excluding hydrogens is 390 g/mol. The minimum atomic E-state index is -0.774. The summed E-state index contributed by atoms with van der Waals surface area (Å²) in [7, 11) is 1.50. The van der Waals surface area contributed by atoms with Crippen LogP contribution in [-0.4, -0.2) is 31.6 Å². The van der Waals surface area contributed by atoms with Gasteiger partial charge in [0.25, 0.3) is 5.91 Å². The Balaban J connectivity index is 1.71. The fraction of sp³-hybridized carbons (Fsp3) is 0.227. The van der Waals surface area contributed by atoms with E-state index >= 15 is 0 Å². The normalized spacial score (nSPS) is 10.7. The van der Waals surface area contributed by atoms with E-state index < -0.39 is 17.5 Å². The molecule has 0 unspecified atom stereocenters. The van der Waals surface area contributed by atoms with E-state index in [2.05, 4.69) is 5.32 Å². The highest BCUT2D eigenvalue weighted by Crippen LogP contribution is 2.26. The average Bonchev–Trinajstić information content (AvgIpc) is 2.71. The summed E-state index contributed by atoms with van der Waals surface area (Å²) in [6.07, 6.45) is 0. The van der Waals surface area contributed by atoms with Crippen molar-refractivity contribution < 1.29 is 28.2 Å². The fourth-order valence-electron chi connectivity index (χ4n) is 2.69. The van der Waals surface area contributed by atoms with Crippen LogP contribution < -0.4 is 25.2 Å². The third kappa shape index (κ3) is 4.96. The van der Waals surface area contributed by atoms with E-state index in [0.29, 0.717) is 16.9 Å². The molecule has 8 nitrogen and oxygen atoms in total. The highest BCUT2D eigenvalue weighted by molar-refractivity contribution is 5.96. The van der Waals surface area contributed by atoms with Gasteiger partial charge in [-0.15, -0.1) is 0 Å². The zero-order chi connectivity index (χ0) is 21.7. The Morgan fingerprint density at radius 1 is 1.07 bits per heavy atom. The van der Waals surface area contributed by atoms with Crippen molar-refractivity contribution in [2.45, 2.75) is 19.9 Å². The Bertz CT molecular complexity index is 1130. The minimum Gasteiger partial charge on any atom is -0.493 e. The van der Waals surface area contributed by atoms with Crippen molar-refractivity contribution >= 4 is 22.8 Å². The van der Waals surface area contributed by atoms with Crippen LogP contribution in [0.25, 0.3) is 11.0 Å². The van der Waals surface area contributed by atoms with Crippen LogP contribution >= 0.6 is 0 Å². The second kappa shape index (κ2) is 9.13. The molecule has 0 radical (unpaired) electrons. The number of hydrogen-bond acceptors (Lipinski definition) is 7. The predicted octanol–water partition coefficient (Wildman–Crippen LogP) is 2.92. The maximum absolute atomic E-state index is 12.1. The largest absolute Gasteiger partial charge is 0.493 e. The summed E-state index contributed by atoms with van der Waals surface area (Å²) in [5.74, 6) is -0.0670. The van der Waals surface area contributed by atoms with E-state index in [-0.39, 0.29) is 29.5 Å². The number of carbonyl (C=O) groups excluding carboxylic acids is 2. The van der Waals surface area contributed by atoms with Crippen LogP contribution in [0.1, 0.15) is 24.2 Å². The number of hydrogen-bond donors (Lipinski definition) is 1. The molecule has 1 aromatic heterocycles. The van der Waals surface area contributed by atoms with Crippen molar-refractivity contribution in [3.8, 4) is 17.2 Å². The highest BCUT2D eigenvalue weighted by Gasteiger charge is 2.15. The number of esters is 1. The van der Waals surface area contributed by atoms with Crippen LogP contribution in [0.2, 0.25) is 0 Å². The Labute approximate surface area is 172 Å². The number of benzene rings is 2. The number of nitrogens with one attached hydrogen (secondary N) is 1. The van der Waals surface area contributed by atoms with Crippen LogP contribution in [0, 0.1) is 0 Å². The van der Waals surface area contributed by atoms with E-state index in [4.69, 9.17) is 18.6 Å². The van der Waals surface area contributed by atoms with E-state index in [1.165, 1.54) is 25.3 Å². The van der Waals surface area contributed by atoms with Gasteiger partial charge < -0.3 is 23.9 Å². The van der Waals surface area contributed by atoms with Crippen LogP contribution in [0.3, 0.4) is 0 Å². The molecular formula is C22H21NO7. The lowest BCUT2D eigenvalue weighted by atomic mass is 10.1. The Hall–Kier alpha value is -3.81. The second-order valence-electron chi connectivity index (χ2n) is 6.69. The number of fused-ring (bicyclic) bond motifs is 1. The molecule has 2 aromatic carbocycles. The predicted molar refractivity (Wildman–Crippen MR) is 109 cm³/mol. The van der Waals surface area contributed by atoms with E-state index in [0.717, 1.165) is 0 Å². The first-order valence-electron chi connectivity index (χ1n) is 9.22. The molecule has 0 bridgehead atoms. The average molecular weight is 411 g/mol. The lowest BCUT2D eigenvalue weighted by Crippen LogP contribution is -2.33. The first kappa shape index (κ1) is 20.9. The van der Waals surface area contributed by atoms with Crippen molar-refractivity contribution in [1.82, 2.24) is 5.32 Å². The molecule has 0 fully saturated rings. The number of rotatable bonds is 7. The van der Waals surface area contributed by atoms with E-state index in [9.17, 15) is 14.4 Å². The summed E-state index contributed by atoms with van der Waals surface area (Å²) in [6, 6.07) is 12.8. The fourth-order valence-corrected chi connectivity index (χ4v) is 2.69. The summed E-state index contributed by atoms with van der Waals surface area (Å²) in [5.41, 5.74) is -0.674. The van der Waals surface area contributed by atoms with Gasteiger partial charge in [0, 0.05) is 17.5 Å². The summed E-state index contributed by atoms with van der Waals surface area (Å²) in [6.45, 7) is 3.24. The molecule has 0 saturated carbocycles. The number of methoxy groups -OCH3 is 1. The van der Waals surface area contributed by atoms with Gasteiger partial charge in [-0.05, 0) is 44.2 Å². The van der Waals surface area contributed by atoms with Gasteiger partial charge in [-0.3, -0.25) is 4.79 Å². The Morgan fingerprint density at radius 2 is 1.80 bits per heavy atom. The van der Waals surface area contributed by atoms with Gasteiger partial charge in [-0.25, -0.2) is 9.59 Å². The van der Waals surface area contributed by atoms with Crippen LogP contribution in [0.5, 0.6) is 17.2 Å². The molecule has 156 valence electrons. The standard InChI is InChI=1S/C22H21NO7/c1-13(2)23-21(25)16-10-14-8-9-15(11-19(14)30-22(16)26)29-20(24)12-28-18-7-5-4-6-17(18)27-3/h4-11,13H,12H2,1-3H3,(H,23,25). The summed E-state index contributed by atoms with van der Waals surface area (Å²) in [4.78, 5) is 36.3. The monoisotopic (exact) mass is 411 g/mol. The summed E-state index contributed by atoms with van der Waals surface area (Å²) >= 11 is 0. The lowest BCUT2D eigenvalue weighted by molar-refractivity contribution is -0.136. The van der Waals surface area contributed by atoms with Gasteiger partial charge in [0.2, 0.25) is 0 Å². The number of carbonyl (C=O) groups is 2. The van der Waals surface area contributed by atoms with Crippen molar-refractivity contribution in [2.75, 3.05) is 13.7 Å². The molecule has 0 aliphatic rings. The number of ether oxygens (including phenoxy) is 3. The van der Waals surface area contributed by atoms with Crippen LogP contribution in [-0.2, 0) is 4.79 Å². The molecule has 1 amide bonds. The minimum absolute atomic E-state index is 0.0915. The Kier molecular flexibility index (Phi) is 6.36. The van der Waals surface area contributed by atoms with Crippen molar-refractivity contribution in [2.24, 2.45) is 0 Å². The van der Waals surface area contributed by atoms with Gasteiger partial charge in [-0.2, -0.15) is 0 Å². The molecule has 0 atom stereocenters. The van der Waals surface area contributed by atoms with E-state index in [1.54, 1.807) is 44.2 Å². The molecule has 8 heteroatoms. The quantitative estimate of drug-likeness (QED) is 0.362. The second-order valence-corrected chi connectivity index (χ2v) is 6.69. The smallest absolute Gasteiger partial charge is 0.349 e. The zero-order valence-electron chi connectivity index (χ0n) is 16.8. The first-order chi connectivity index (χ1) is 14.4. The molecule has 0 aliphatic heterocycles. The van der Waals surface area contributed by atoms with Crippen LogP contribution in [0.4, 0.5) is 0 Å². The SMILES string of the molecule is COc1ccccc1OCC(=O)Oc1ccc2cc(C(=O)NC(C)C)c(=O)oc2c1. The maximum atomic E-state index is 12.1. The number of amides is 1. The Morgan fingerprint density at radius 3 is 2.50 bits per heavy atom. The molecule has 1 heterocycles. The molecule has 0 aliphatic carbocycles. The molecule has 3 rings (SSSR count). The van der Waals surface area contributed by atoms with Crippen molar-refractivity contribution in [1.29, 1.82) is 0 Å². The highest BCUT2D eigenvalue weighted by atomic mass is 16.6. The zero-order valence-corrected chi connectivity index (χ0v) is 16.8. The van der Waals surface area contributed by atoms with Crippen molar-refractivity contribution in [3.05, 3.63) is 64.5 Å². The van der Waals surface area contributed by atoms with Gasteiger partial charge >= 0.3 is 11.6 Å². The molecule has 30 heavy (non-hydrogen) atoms. The van der Waals surface area contributed by atoms with E-state index in [1.807, 2.05) is 0 Å². The van der Waals surface area contributed by atoms with Crippen LogP contribution in [0.15, 0.2) is 57.7 Å². The maximum Gasteiger partial charge on any atom is 0.349 e. The molecule has 1 N–H and O–H groups in total. The van der Waals surface area contributed by atoms with Crippen molar-refractivity contribution in [3.63, 3.8) is 0 Å². The van der Waals surface area contributed by atoms with Gasteiger partial charge in [0.1, 0.15) is 16.9 Å². The lowest BCUT2D eigenvalue weighted by Gasteiger charge is -2.10. The summed E-state index contributed by atoms with van der Waals surface area (Å²) in [5, 5.41) is 3.17. The summed E-state index contributed by atoms with van der Waals surface area (Å²) < 4.78 is 21.0. The third-order valence-electron chi connectivity index (χ3n) is 4.02. The topological polar surface area (TPSA) is 104 Å².